The topological polar surface area (TPSA) is 106 Å². The lowest BCUT2D eigenvalue weighted by molar-refractivity contribution is 0.102. The van der Waals surface area contributed by atoms with Crippen LogP contribution in [0.25, 0.3) is 11.0 Å². The van der Waals surface area contributed by atoms with Gasteiger partial charge in [-0.05, 0) is 92.3 Å². The summed E-state index contributed by atoms with van der Waals surface area (Å²) >= 11 is 0. The van der Waals surface area contributed by atoms with Crippen molar-refractivity contribution in [1.82, 2.24) is 19.9 Å². The molecular weight excluding hydrogens is 452 g/mol. The van der Waals surface area contributed by atoms with E-state index in [0.717, 1.165) is 18.8 Å². The SMILES string of the molecule is CN1CCC(C(C)(C)c2ccc(NC(=O)c3cccnc3Nc3ccc4[nH]c(=O)[nH]c4c3)cc2)CC1. The number of H-pyrrole nitrogens is 2. The third kappa shape index (κ3) is 4.90. The lowest BCUT2D eigenvalue weighted by Crippen LogP contribution is -2.39. The molecule has 1 aliphatic heterocycles. The number of likely N-dealkylation sites (tertiary alicyclic amines) is 1. The molecule has 0 saturated carbocycles. The van der Waals surface area contributed by atoms with E-state index >= 15 is 0 Å². The molecule has 4 aromatic rings. The van der Waals surface area contributed by atoms with Gasteiger partial charge in [0.1, 0.15) is 5.82 Å². The van der Waals surface area contributed by atoms with Crippen LogP contribution in [0, 0.1) is 5.92 Å². The van der Waals surface area contributed by atoms with Gasteiger partial charge in [0, 0.05) is 17.6 Å². The number of anilines is 3. The zero-order chi connectivity index (χ0) is 25.3. The quantitative estimate of drug-likeness (QED) is 0.313. The lowest BCUT2D eigenvalue weighted by atomic mass is 9.69. The van der Waals surface area contributed by atoms with Crippen LogP contribution in [0.4, 0.5) is 17.2 Å². The molecule has 0 spiro atoms. The molecule has 1 amide bonds. The Labute approximate surface area is 210 Å². The first kappa shape index (κ1) is 23.8. The molecule has 3 heterocycles. The third-order valence-electron chi connectivity index (χ3n) is 7.46. The number of nitrogens with one attached hydrogen (secondary N) is 4. The number of aromatic amines is 2. The second-order valence-electron chi connectivity index (χ2n) is 10.2. The molecule has 0 atom stereocenters. The smallest absolute Gasteiger partial charge is 0.323 e. The average Bonchev–Trinajstić information content (AvgIpc) is 3.24. The van der Waals surface area contributed by atoms with Crippen molar-refractivity contribution in [3.63, 3.8) is 0 Å². The van der Waals surface area contributed by atoms with Crippen LogP contribution < -0.4 is 16.3 Å². The number of pyridine rings is 1. The van der Waals surface area contributed by atoms with Crippen LogP contribution in [-0.2, 0) is 5.41 Å². The maximum absolute atomic E-state index is 13.2. The van der Waals surface area contributed by atoms with E-state index in [4.69, 9.17) is 0 Å². The molecule has 1 fully saturated rings. The molecule has 1 saturated heterocycles. The first-order chi connectivity index (χ1) is 17.3. The number of amides is 1. The molecule has 2 aromatic heterocycles. The van der Waals surface area contributed by atoms with E-state index in [1.165, 1.54) is 18.4 Å². The summed E-state index contributed by atoms with van der Waals surface area (Å²) < 4.78 is 0. The number of carbonyl (C=O) groups excluding carboxylic acids is 1. The van der Waals surface area contributed by atoms with Crippen molar-refractivity contribution in [2.45, 2.75) is 32.1 Å². The van der Waals surface area contributed by atoms with E-state index < -0.39 is 0 Å². The highest BCUT2D eigenvalue weighted by atomic mass is 16.2. The molecule has 8 heteroatoms. The highest BCUT2D eigenvalue weighted by Gasteiger charge is 2.33. The highest BCUT2D eigenvalue weighted by molar-refractivity contribution is 6.07. The standard InChI is InChI=1S/C28H32N6O2/c1-28(2,19-12-15-34(3)16-13-19)18-6-8-20(9-7-18)31-26(35)22-5-4-14-29-25(22)30-21-10-11-23-24(17-21)33-27(36)32-23/h4-11,14,17,19H,12-13,15-16H2,1-3H3,(H,29,30)(H,31,35)(H2,32,33,36). The van der Waals surface area contributed by atoms with Crippen LogP contribution >= 0.6 is 0 Å². The summed E-state index contributed by atoms with van der Waals surface area (Å²) in [6, 6.07) is 17.1. The van der Waals surface area contributed by atoms with Crippen molar-refractivity contribution < 1.29 is 4.79 Å². The van der Waals surface area contributed by atoms with Gasteiger partial charge < -0.3 is 25.5 Å². The van der Waals surface area contributed by atoms with Crippen LogP contribution in [0.5, 0.6) is 0 Å². The van der Waals surface area contributed by atoms with Gasteiger partial charge in [0.15, 0.2) is 0 Å². The Balaban J connectivity index is 1.30. The molecule has 4 N–H and O–H groups in total. The number of carbonyl (C=O) groups is 1. The Morgan fingerprint density at radius 3 is 2.44 bits per heavy atom. The molecule has 8 nitrogen and oxygen atoms in total. The minimum absolute atomic E-state index is 0.0785. The third-order valence-corrected chi connectivity index (χ3v) is 7.46. The van der Waals surface area contributed by atoms with Crippen LogP contribution in [0.2, 0.25) is 0 Å². The molecule has 0 bridgehead atoms. The van der Waals surface area contributed by atoms with E-state index in [9.17, 15) is 9.59 Å². The minimum atomic E-state index is -0.263. The molecule has 36 heavy (non-hydrogen) atoms. The highest BCUT2D eigenvalue weighted by Crippen LogP contribution is 2.38. The predicted octanol–water partition coefficient (Wildman–Crippen LogP) is 4.87. The van der Waals surface area contributed by atoms with Crippen molar-refractivity contribution in [3.8, 4) is 0 Å². The maximum Gasteiger partial charge on any atom is 0.323 e. The first-order valence-electron chi connectivity index (χ1n) is 12.3. The maximum atomic E-state index is 13.2. The zero-order valence-electron chi connectivity index (χ0n) is 20.9. The number of nitrogens with zero attached hydrogens (tertiary/aromatic N) is 2. The number of piperidine rings is 1. The Bertz CT molecular complexity index is 1430. The van der Waals surface area contributed by atoms with E-state index in [1.807, 2.05) is 18.2 Å². The number of imidazole rings is 1. The van der Waals surface area contributed by atoms with Gasteiger partial charge in [0.05, 0.1) is 16.6 Å². The largest absolute Gasteiger partial charge is 0.340 e. The van der Waals surface area contributed by atoms with Gasteiger partial charge in [-0.25, -0.2) is 9.78 Å². The molecule has 5 rings (SSSR count). The van der Waals surface area contributed by atoms with Crippen LogP contribution in [0.3, 0.4) is 0 Å². The van der Waals surface area contributed by atoms with Gasteiger partial charge in [-0.15, -0.1) is 0 Å². The van der Waals surface area contributed by atoms with Gasteiger partial charge in [-0.2, -0.15) is 0 Å². The van der Waals surface area contributed by atoms with Gasteiger partial charge >= 0.3 is 5.69 Å². The summed E-state index contributed by atoms with van der Waals surface area (Å²) in [5.74, 6) is 0.831. The van der Waals surface area contributed by atoms with Gasteiger partial charge in [0.25, 0.3) is 5.91 Å². The van der Waals surface area contributed by atoms with Crippen molar-refractivity contribution in [1.29, 1.82) is 0 Å². The number of aromatic nitrogens is 3. The van der Waals surface area contributed by atoms with Crippen molar-refractivity contribution in [3.05, 3.63) is 82.4 Å². The van der Waals surface area contributed by atoms with Crippen LogP contribution in [-0.4, -0.2) is 45.9 Å². The average molecular weight is 485 g/mol. The predicted molar refractivity (Wildman–Crippen MR) is 144 cm³/mol. The molecule has 2 aromatic carbocycles. The summed E-state index contributed by atoms with van der Waals surface area (Å²) in [6.07, 6.45) is 4.04. The second-order valence-corrected chi connectivity index (χ2v) is 10.2. The number of benzene rings is 2. The van der Waals surface area contributed by atoms with Crippen molar-refractivity contribution >= 4 is 34.1 Å². The fraction of sp³-hybridized carbons (Fsp3) is 0.321. The summed E-state index contributed by atoms with van der Waals surface area (Å²) in [7, 11) is 2.19. The van der Waals surface area contributed by atoms with Gasteiger partial charge in [0.2, 0.25) is 0 Å². The zero-order valence-corrected chi connectivity index (χ0v) is 20.9. The normalized spacial score (nSPS) is 15.2. The number of fused-ring (bicyclic) bond motifs is 1. The van der Waals surface area contributed by atoms with Gasteiger partial charge in [-0.1, -0.05) is 26.0 Å². The van der Waals surface area contributed by atoms with Crippen LogP contribution in [0.15, 0.2) is 65.6 Å². The first-order valence-corrected chi connectivity index (χ1v) is 12.3. The summed E-state index contributed by atoms with van der Waals surface area (Å²) in [5.41, 5.74) is 4.38. The molecule has 186 valence electrons. The minimum Gasteiger partial charge on any atom is -0.340 e. The Hall–Kier alpha value is -3.91. The fourth-order valence-electron chi connectivity index (χ4n) is 5.08. The van der Waals surface area contributed by atoms with Gasteiger partial charge in [-0.3, -0.25) is 4.79 Å². The van der Waals surface area contributed by atoms with Crippen molar-refractivity contribution in [2.75, 3.05) is 30.8 Å². The molecule has 0 unspecified atom stereocenters. The second kappa shape index (κ2) is 9.62. The Kier molecular flexibility index (Phi) is 6.36. The summed E-state index contributed by atoms with van der Waals surface area (Å²) in [5, 5.41) is 6.20. The Morgan fingerprint density at radius 2 is 1.69 bits per heavy atom. The van der Waals surface area contributed by atoms with Crippen LogP contribution in [0.1, 0.15) is 42.6 Å². The number of rotatable bonds is 6. The van der Waals surface area contributed by atoms with E-state index in [2.05, 4.69) is 63.5 Å². The van der Waals surface area contributed by atoms with Crippen molar-refractivity contribution in [2.24, 2.45) is 5.92 Å². The molecule has 0 aliphatic carbocycles. The van der Waals surface area contributed by atoms with E-state index in [-0.39, 0.29) is 17.0 Å². The lowest BCUT2D eigenvalue weighted by Gasteiger charge is -2.40. The molecular formula is C28H32N6O2. The Morgan fingerprint density at radius 1 is 1.00 bits per heavy atom. The van der Waals surface area contributed by atoms with E-state index in [0.29, 0.717) is 34.0 Å². The fourth-order valence-corrected chi connectivity index (χ4v) is 5.08. The monoisotopic (exact) mass is 484 g/mol. The molecule has 1 aliphatic rings. The number of hydrogen-bond donors (Lipinski definition) is 4. The summed E-state index contributed by atoms with van der Waals surface area (Å²) in [6.45, 7) is 6.93. The van der Waals surface area contributed by atoms with E-state index in [1.54, 1.807) is 30.5 Å². The summed E-state index contributed by atoms with van der Waals surface area (Å²) in [4.78, 5) is 36.9. The number of hydrogen-bond acceptors (Lipinski definition) is 5. The molecule has 0 radical (unpaired) electrons.